The molecule has 1 aromatic carbocycles. The molecule has 1 unspecified atom stereocenters. The molecule has 1 heterocycles. The average molecular weight is 265 g/mol. The van der Waals surface area contributed by atoms with Crippen LogP contribution in [0.3, 0.4) is 0 Å². The normalized spacial score (nSPS) is 23.8. The molecule has 1 fully saturated rings. The fourth-order valence-corrected chi connectivity index (χ4v) is 3.05. The van der Waals surface area contributed by atoms with E-state index in [9.17, 15) is 4.39 Å². The summed E-state index contributed by atoms with van der Waals surface area (Å²) in [6, 6.07) is 7.57. The number of nitrogens with one attached hydrogen (secondary N) is 1. The topological polar surface area (TPSA) is 32.3 Å². The van der Waals surface area contributed by atoms with Crippen molar-refractivity contribution in [1.82, 2.24) is 5.32 Å². The smallest absolute Gasteiger partial charge is 0.123 e. The maximum absolute atomic E-state index is 13.3. The highest BCUT2D eigenvalue weighted by Gasteiger charge is 2.35. The van der Waals surface area contributed by atoms with Crippen LogP contribution >= 0.6 is 0 Å². The minimum absolute atomic E-state index is 0.165. The van der Waals surface area contributed by atoms with E-state index >= 15 is 0 Å². The number of benzene rings is 1. The van der Waals surface area contributed by atoms with Crippen LogP contribution in [0.2, 0.25) is 0 Å². The largest absolute Gasteiger partial charge is 0.396 e. The molecule has 106 valence electrons. The summed E-state index contributed by atoms with van der Waals surface area (Å²) in [5.41, 5.74) is 1.21. The van der Waals surface area contributed by atoms with E-state index in [-0.39, 0.29) is 23.9 Å². The molecule has 1 aliphatic heterocycles. The van der Waals surface area contributed by atoms with Crippen molar-refractivity contribution in [3.63, 3.8) is 0 Å². The van der Waals surface area contributed by atoms with E-state index in [1.165, 1.54) is 6.07 Å². The number of hydrogen-bond donors (Lipinski definition) is 2. The van der Waals surface area contributed by atoms with Crippen molar-refractivity contribution >= 4 is 0 Å². The maximum Gasteiger partial charge on any atom is 0.123 e. The molecule has 3 heteroatoms. The van der Waals surface area contributed by atoms with E-state index < -0.39 is 0 Å². The van der Waals surface area contributed by atoms with Gasteiger partial charge in [-0.3, -0.25) is 0 Å². The van der Waals surface area contributed by atoms with Crippen LogP contribution in [0, 0.1) is 11.2 Å². The summed E-state index contributed by atoms with van der Waals surface area (Å²) in [4.78, 5) is 0. The molecule has 0 saturated carbocycles. The third-order valence-corrected chi connectivity index (χ3v) is 4.32. The summed E-state index contributed by atoms with van der Waals surface area (Å²) >= 11 is 0. The number of halogens is 1. The molecular weight excluding hydrogens is 241 g/mol. The average Bonchev–Trinajstić information content (AvgIpc) is 2.87. The van der Waals surface area contributed by atoms with Crippen molar-refractivity contribution in [2.45, 2.75) is 51.6 Å². The maximum atomic E-state index is 13.3. The van der Waals surface area contributed by atoms with Crippen LogP contribution in [-0.4, -0.2) is 17.8 Å². The molecular formula is C16H24FNO. The lowest BCUT2D eigenvalue weighted by Gasteiger charge is -2.32. The SMILES string of the molecule is CC(C)(CCCO)C1CC[C@@H](c2cccc(F)c2)N1. The summed E-state index contributed by atoms with van der Waals surface area (Å²) in [5, 5.41) is 12.6. The van der Waals surface area contributed by atoms with Crippen LogP contribution in [0.5, 0.6) is 0 Å². The fraction of sp³-hybridized carbons (Fsp3) is 0.625. The first kappa shape index (κ1) is 14.5. The van der Waals surface area contributed by atoms with E-state index in [1.54, 1.807) is 12.1 Å². The Morgan fingerprint density at radius 2 is 2.16 bits per heavy atom. The first-order valence-corrected chi connectivity index (χ1v) is 7.15. The zero-order valence-corrected chi connectivity index (χ0v) is 11.8. The van der Waals surface area contributed by atoms with E-state index in [0.29, 0.717) is 6.04 Å². The van der Waals surface area contributed by atoms with Crippen molar-refractivity contribution in [3.8, 4) is 0 Å². The molecule has 1 aliphatic rings. The van der Waals surface area contributed by atoms with E-state index in [2.05, 4.69) is 19.2 Å². The zero-order chi connectivity index (χ0) is 13.9. The van der Waals surface area contributed by atoms with Gasteiger partial charge in [0, 0.05) is 18.7 Å². The second-order valence-electron chi connectivity index (χ2n) is 6.22. The highest BCUT2D eigenvalue weighted by molar-refractivity contribution is 5.21. The monoisotopic (exact) mass is 265 g/mol. The lowest BCUT2D eigenvalue weighted by atomic mass is 9.79. The van der Waals surface area contributed by atoms with Gasteiger partial charge in [-0.25, -0.2) is 4.39 Å². The van der Waals surface area contributed by atoms with Gasteiger partial charge in [0.2, 0.25) is 0 Å². The van der Waals surface area contributed by atoms with Crippen molar-refractivity contribution < 1.29 is 9.50 Å². The van der Waals surface area contributed by atoms with Gasteiger partial charge in [0.25, 0.3) is 0 Å². The molecule has 0 aromatic heterocycles. The standard InChI is InChI=1S/C16H24FNO/c1-16(2,9-4-10-19)15-8-7-14(18-15)12-5-3-6-13(17)11-12/h3,5-6,11,14-15,18-19H,4,7-10H2,1-2H3/t14-,15?/m0/s1. The molecule has 19 heavy (non-hydrogen) atoms. The fourth-order valence-electron chi connectivity index (χ4n) is 3.05. The first-order valence-electron chi connectivity index (χ1n) is 7.15. The second-order valence-corrected chi connectivity index (χ2v) is 6.22. The molecule has 0 aliphatic carbocycles. The van der Waals surface area contributed by atoms with Gasteiger partial charge in [-0.15, -0.1) is 0 Å². The lowest BCUT2D eigenvalue weighted by molar-refractivity contribution is 0.199. The second kappa shape index (κ2) is 6.02. The van der Waals surface area contributed by atoms with Gasteiger partial charge in [0.05, 0.1) is 0 Å². The molecule has 0 amide bonds. The molecule has 1 saturated heterocycles. The highest BCUT2D eigenvalue weighted by Crippen LogP contribution is 2.37. The lowest BCUT2D eigenvalue weighted by Crippen LogP contribution is -2.38. The number of aliphatic hydroxyl groups excluding tert-OH is 1. The van der Waals surface area contributed by atoms with Crippen LogP contribution in [0.25, 0.3) is 0 Å². The zero-order valence-electron chi connectivity index (χ0n) is 11.8. The molecule has 0 bridgehead atoms. The summed E-state index contributed by atoms with van der Waals surface area (Å²) in [7, 11) is 0. The Bertz CT molecular complexity index is 419. The molecule has 2 atom stereocenters. The summed E-state index contributed by atoms with van der Waals surface area (Å²) in [5.74, 6) is -0.165. The van der Waals surface area contributed by atoms with Crippen LogP contribution in [0.1, 0.15) is 51.1 Å². The third-order valence-electron chi connectivity index (χ3n) is 4.32. The quantitative estimate of drug-likeness (QED) is 0.855. The Morgan fingerprint density at radius 1 is 1.37 bits per heavy atom. The first-order chi connectivity index (χ1) is 9.03. The molecule has 0 radical (unpaired) electrons. The van der Waals surface area contributed by atoms with Gasteiger partial charge in [-0.2, -0.15) is 0 Å². The highest BCUT2D eigenvalue weighted by atomic mass is 19.1. The van der Waals surface area contributed by atoms with E-state index in [4.69, 9.17) is 5.11 Å². The Balaban J connectivity index is 1.99. The number of hydrogen-bond acceptors (Lipinski definition) is 2. The predicted octanol–water partition coefficient (Wildman–Crippen LogP) is 3.42. The molecule has 2 N–H and O–H groups in total. The van der Waals surface area contributed by atoms with Crippen LogP contribution in [0.4, 0.5) is 4.39 Å². The third kappa shape index (κ3) is 3.54. The van der Waals surface area contributed by atoms with Crippen molar-refractivity contribution in [1.29, 1.82) is 0 Å². The van der Waals surface area contributed by atoms with Crippen molar-refractivity contribution in [2.75, 3.05) is 6.61 Å². The molecule has 0 spiro atoms. The van der Waals surface area contributed by atoms with Crippen LogP contribution in [0.15, 0.2) is 24.3 Å². The Kier molecular flexibility index (Phi) is 4.58. The Morgan fingerprint density at radius 3 is 2.84 bits per heavy atom. The van der Waals surface area contributed by atoms with Crippen LogP contribution < -0.4 is 5.32 Å². The van der Waals surface area contributed by atoms with E-state index in [0.717, 1.165) is 31.2 Å². The van der Waals surface area contributed by atoms with Crippen LogP contribution in [-0.2, 0) is 0 Å². The molecule has 2 nitrogen and oxygen atoms in total. The molecule has 1 aromatic rings. The Hall–Kier alpha value is -0.930. The van der Waals surface area contributed by atoms with E-state index in [1.807, 2.05) is 6.07 Å². The van der Waals surface area contributed by atoms with Crippen molar-refractivity contribution in [3.05, 3.63) is 35.6 Å². The summed E-state index contributed by atoms with van der Waals surface area (Å²) in [6.07, 6.45) is 4.02. The summed E-state index contributed by atoms with van der Waals surface area (Å²) in [6.45, 7) is 4.74. The number of rotatable bonds is 5. The van der Waals surface area contributed by atoms with Gasteiger partial charge in [0.1, 0.15) is 5.82 Å². The minimum atomic E-state index is -0.165. The predicted molar refractivity (Wildman–Crippen MR) is 75.4 cm³/mol. The summed E-state index contributed by atoms with van der Waals surface area (Å²) < 4.78 is 13.3. The molecule has 2 rings (SSSR count). The van der Waals surface area contributed by atoms with Gasteiger partial charge in [0.15, 0.2) is 0 Å². The van der Waals surface area contributed by atoms with Gasteiger partial charge in [-0.1, -0.05) is 26.0 Å². The number of aliphatic hydroxyl groups is 1. The van der Waals surface area contributed by atoms with Gasteiger partial charge >= 0.3 is 0 Å². The van der Waals surface area contributed by atoms with Crippen molar-refractivity contribution in [2.24, 2.45) is 5.41 Å². The minimum Gasteiger partial charge on any atom is -0.396 e. The Labute approximate surface area is 115 Å². The van der Waals surface area contributed by atoms with Gasteiger partial charge < -0.3 is 10.4 Å². The van der Waals surface area contributed by atoms with Gasteiger partial charge in [-0.05, 0) is 48.8 Å².